The van der Waals surface area contributed by atoms with Gasteiger partial charge in [-0.15, -0.1) is 0 Å². The van der Waals surface area contributed by atoms with E-state index in [1.165, 1.54) is 18.2 Å². The number of phenolic OH excluding ortho intramolecular Hbond substituents is 1. The highest BCUT2D eigenvalue weighted by atomic mass is 16.5. The van der Waals surface area contributed by atoms with E-state index in [-0.39, 0.29) is 24.5 Å². The van der Waals surface area contributed by atoms with Crippen LogP contribution in [0.15, 0.2) is 36.7 Å². The number of aliphatic carboxylic acids is 1. The molecule has 33 heavy (non-hydrogen) atoms. The molecule has 0 bridgehead atoms. The summed E-state index contributed by atoms with van der Waals surface area (Å²) < 4.78 is 10.4. The van der Waals surface area contributed by atoms with Crippen molar-refractivity contribution in [2.75, 3.05) is 31.6 Å². The van der Waals surface area contributed by atoms with E-state index in [9.17, 15) is 24.6 Å². The number of ether oxygens (including phenoxy) is 2. The molecule has 0 unspecified atom stereocenters. The van der Waals surface area contributed by atoms with Gasteiger partial charge in [-0.1, -0.05) is 13.3 Å². The highest BCUT2D eigenvalue weighted by Gasteiger charge is 2.22. The third-order valence-electron chi connectivity index (χ3n) is 4.22. The van der Waals surface area contributed by atoms with Crippen molar-refractivity contribution < 1.29 is 34.1 Å². The Bertz CT molecular complexity index is 926. The van der Waals surface area contributed by atoms with Gasteiger partial charge in [0.1, 0.15) is 24.1 Å². The second kappa shape index (κ2) is 13.3. The number of carbonyl (C=O) groups is 3. The minimum atomic E-state index is -1.39. The van der Waals surface area contributed by atoms with Crippen LogP contribution in [0.2, 0.25) is 0 Å². The molecule has 2 rings (SSSR count). The predicted molar refractivity (Wildman–Crippen MR) is 117 cm³/mol. The van der Waals surface area contributed by atoms with Crippen LogP contribution < -0.4 is 20.7 Å². The molecule has 1 atom stereocenters. The Kier molecular flexibility index (Phi) is 10.2. The van der Waals surface area contributed by atoms with E-state index < -0.39 is 30.6 Å². The number of benzene rings is 1. The number of hydrogen-bond donors (Lipinski definition) is 5. The molecule has 178 valence electrons. The first-order chi connectivity index (χ1) is 15.9. The molecule has 1 heterocycles. The highest BCUT2D eigenvalue weighted by Crippen LogP contribution is 2.23. The zero-order chi connectivity index (χ0) is 24.1. The van der Waals surface area contributed by atoms with Gasteiger partial charge in [-0.05, 0) is 24.6 Å². The van der Waals surface area contributed by atoms with Gasteiger partial charge in [0.25, 0.3) is 5.91 Å². The highest BCUT2D eigenvalue weighted by molar-refractivity contribution is 5.97. The van der Waals surface area contributed by atoms with E-state index in [0.29, 0.717) is 24.7 Å². The first-order valence-corrected chi connectivity index (χ1v) is 10.3. The topological polar surface area (TPSA) is 172 Å². The van der Waals surface area contributed by atoms with E-state index in [1.54, 1.807) is 18.5 Å². The maximum absolute atomic E-state index is 12.3. The molecule has 5 N–H and O–H groups in total. The summed E-state index contributed by atoms with van der Waals surface area (Å²) in [5.41, 5.74) is -0.0761. The number of alkyl carbamates (subject to hydrolysis) is 1. The normalized spacial score (nSPS) is 11.2. The second-order valence-electron chi connectivity index (χ2n) is 6.76. The molecule has 0 radical (unpaired) electrons. The summed E-state index contributed by atoms with van der Waals surface area (Å²) in [6.07, 6.45) is 3.79. The van der Waals surface area contributed by atoms with Gasteiger partial charge >= 0.3 is 12.1 Å². The second-order valence-corrected chi connectivity index (χ2v) is 6.76. The maximum Gasteiger partial charge on any atom is 0.407 e. The lowest BCUT2D eigenvalue weighted by Crippen LogP contribution is -2.48. The molecule has 0 saturated heterocycles. The molecule has 2 aromatic rings. The molecule has 0 saturated carbocycles. The van der Waals surface area contributed by atoms with E-state index in [0.717, 1.165) is 6.42 Å². The molecule has 0 aliphatic rings. The van der Waals surface area contributed by atoms with E-state index in [2.05, 4.69) is 25.9 Å². The SMILES string of the molecule is CCCCOC(=O)N[C@@H](CNC(=O)c1ccc(OCCNc2ncccn2)cc1O)C(=O)O. The largest absolute Gasteiger partial charge is 0.507 e. The van der Waals surface area contributed by atoms with Crippen LogP contribution in [0.5, 0.6) is 11.5 Å². The summed E-state index contributed by atoms with van der Waals surface area (Å²) in [4.78, 5) is 43.4. The molecule has 0 aliphatic heterocycles. The quantitative estimate of drug-likeness (QED) is 0.274. The van der Waals surface area contributed by atoms with Crippen LogP contribution in [-0.2, 0) is 9.53 Å². The zero-order valence-corrected chi connectivity index (χ0v) is 18.1. The average molecular weight is 461 g/mol. The summed E-state index contributed by atoms with van der Waals surface area (Å²) in [6, 6.07) is 4.41. The van der Waals surface area contributed by atoms with E-state index in [1.807, 2.05) is 6.92 Å². The Morgan fingerprint density at radius 2 is 1.91 bits per heavy atom. The number of nitrogens with zero attached hydrogens (tertiary/aromatic N) is 2. The fourth-order valence-corrected chi connectivity index (χ4v) is 2.50. The van der Waals surface area contributed by atoms with Crippen LogP contribution in [0, 0.1) is 0 Å². The zero-order valence-electron chi connectivity index (χ0n) is 18.1. The number of rotatable bonds is 13. The van der Waals surface area contributed by atoms with Crippen LogP contribution in [0.3, 0.4) is 0 Å². The number of carbonyl (C=O) groups excluding carboxylic acids is 2. The molecule has 12 heteroatoms. The predicted octanol–water partition coefficient (Wildman–Crippen LogP) is 1.38. The van der Waals surface area contributed by atoms with Crippen molar-refractivity contribution in [1.82, 2.24) is 20.6 Å². The molecular weight excluding hydrogens is 434 g/mol. The summed E-state index contributed by atoms with van der Waals surface area (Å²) in [6.45, 7) is 2.35. The first kappa shape index (κ1) is 25.2. The maximum atomic E-state index is 12.3. The van der Waals surface area contributed by atoms with Crippen LogP contribution in [0.25, 0.3) is 0 Å². The fraction of sp³-hybridized carbons (Fsp3) is 0.381. The summed E-state index contributed by atoms with van der Waals surface area (Å²) >= 11 is 0. The van der Waals surface area contributed by atoms with Gasteiger partial charge < -0.3 is 35.6 Å². The molecular formula is C21H27N5O7. The van der Waals surface area contributed by atoms with Crippen molar-refractivity contribution in [3.63, 3.8) is 0 Å². The number of amides is 2. The van der Waals surface area contributed by atoms with Gasteiger partial charge in [0, 0.05) is 25.0 Å². The Morgan fingerprint density at radius 1 is 1.15 bits per heavy atom. The van der Waals surface area contributed by atoms with E-state index >= 15 is 0 Å². The van der Waals surface area contributed by atoms with Crippen molar-refractivity contribution in [2.45, 2.75) is 25.8 Å². The number of nitrogens with one attached hydrogen (secondary N) is 3. The third kappa shape index (κ3) is 8.89. The molecule has 12 nitrogen and oxygen atoms in total. The van der Waals surface area contributed by atoms with E-state index in [4.69, 9.17) is 9.47 Å². The number of carboxylic acids is 1. The summed E-state index contributed by atoms with van der Waals surface area (Å²) in [7, 11) is 0. The number of aromatic hydroxyl groups is 1. The van der Waals surface area contributed by atoms with Crippen molar-refractivity contribution in [3.05, 3.63) is 42.2 Å². The average Bonchev–Trinajstić information content (AvgIpc) is 2.80. The van der Waals surface area contributed by atoms with Crippen molar-refractivity contribution in [1.29, 1.82) is 0 Å². The number of carboxylic acid groups (broad SMARTS) is 1. The lowest BCUT2D eigenvalue weighted by Gasteiger charge is -2.16. The number of anilines is 1. The van der Waals surface area contributed by atoms with Gasteiger partial charge in [-0.3, -0.25) is 4.79 Å². The number of hydrogen-bond acceptors (Lipinski definition) is 9. The number of unbranched alkanes of at least 4 members (excludes halogenated alkanes) is 1. The van der Waals surface area contributed by atoms with Crippen LogP contribution >= 0.6 is 0 Å². The number of phenols is 1. The van der Waals surface area contributed by atoms with Gasteiger partial charge in [0.2, 0.25) is 5.95 Å². The van der Waals surface area contributed by atoms with Crippen LogP contribution in [-0.4, -0.2) is 70.5 Å². The van der Waals surface area contributed by atoms with Crippen molar-refractivity contribution in [3.8, 4) is 11.5 Å². The minimum Gasteiger partial charge on any atom is -0.507 e. The lowest BCUT2D eigenvalue weighted by molar-refractivity contribution is -0.139. The smallest absolute Gasteiger partial charge is 0.407 e. The molecule has 0 fully saturated rings. The van der Waals surface area contributed by atoms with Gasteiger partial charge in [-0.25, -0.2) is 19.6 Å². The van der Waals surface area contributed by atoms with Gasteiger partial charge in [-0.2, -0.15) is 0 Å². The van der Waals surface area contributed by atoms with Crippen LogP contribution in [0.4, 0.5) is 10.7 Å². The fourth-order valence-electron chi connectivity index (χ4n) is 2.50. The molecule has 0 aliphatic carbocycles. The first-order valence-electron chi connectivity index (χ1n) is 10.3. The molecule has 1 aromatic heterocycles. The summed E-state index contributed by atoms with van der Waals surface area (Å²) in [5.74, 6) is -1.61. The Hall–Kier alpha value is -4.09. The van der Waals surface area contributed by atoms with Gasteiger partial charge in [0.15, 0.2) is 0 Å². The Labute approximate surface area is 190 Å². The van der Waals surface area contributed by atoms with Crippen LogP contribution in [0.1, 0.15) is 30.1 Å². The standard InChI is InChI=1S/C21H27N5O7/c1-2-3-10-33-21(31)26-16(19(29)30)13-25-18(28)15-6-5-14(12-17(15)27)32-11-9-24-20-22-7-4-8-23-20/h4-8,12,16,27H,2-3,9-11,13H2,1H3,(H,25,28)(H,26,31)(H,29,30)(H,22,23,24)/t16-/m0/s1. The Balaban J connectivity index is 1.81. The molecule has 2 amide bonds. The van der Waals surface area contributed by atoms with Gasteiger partial charge in [0.05, 0.1) is 18.7 Å². The minimum absolute atomic E-state index is 0.0761. The lowest BCUT2D eigenvalue weighted by atomic mass is 10.1. The number of aromatic nitrogens is 2. The molecule has 1 aromatic carbocycles. The summed E-state index contributed by atoms with van der Waals surface area (Å²) in [5, 5.41) is 26.9. The Morgan fingerprint density at radius 3 is 2.58 bits per heavy atom. The van der Waals surface area contributed by atoms with Crippen molar-refractivity contribution >= 4 is 23.9 Å². The monoisotopic (exact) mass is 461 g/mol. The van der Waals surface area contributed by atoms with Crippen molar-refractivity contribution in [2.24, 2.45) is 0 Å². The third-order valence-corrected chi connectivity index (χ3v) is 4.22. The molecule has 0 spiro atoms.